The Hall–Kier alpha value is -3.35. The van der Waals surface area contributed by atoms with Crippen LogP contribution in [-0.2, 0) is 4.79 Å². The fraction of sp³-hybridized carbons (Fsp3) is 0.286. The average Bonchev–Trinajstić information content (AvgIpc) is 3.17. The van der Waals surface area contributed by atoms with E-state index in [-0.39, 0.29) is 18.4 Å². The SMILES string of the molecule is NC(=O)c1ccc(OCC(=O)N2CCC[C@H](c3nc4ccccc4o3)C2)cc1. The number of fused-ring (bicyclic) bond motifs is 1. The van der Waals surface area contributed by atoms with Crippen LogP contribution in [0.1, 0.15) is 35.0 Å². The van der Waals surface area contributed by atoms with E-state index in [0.717, 1.165) is 23.9 Å². The van der Waals surface area contributed by atoms with Crippen molar-refractivity contribution in [2.75, 3.05) is 19.7 Å². The van der Waals surface area contributed by atoms with Crippen molar-refractivity contribution in [1.82, 2.24) is 9.88 Å². The molecule has 2 amide bonds. The summed E-state index contributed by atoms with van der Waals surface area (Å²) in [6, 6.07) is 14.1. The van der Waals surface area contributed by atoms with Gasteiger partial charge in [0.15, 0.2) is 18.1 Å². The second kappa shape index (κ2) is 7.72. The van der Waals surface area contributed by atoms with Gasteiger partial charge in [0.05, 0.1) is 5.92 Å². The van der Waals surface area contributed by atoms with Crippen LogP contribution in [0.3, 0.4) is 0 Å². The summed E-state index contributed by atoms with van der Waals surface area (Å²) in [5.74, 6) is 0.702. The molecule has 1 aliphatic heterocycles. The van der Waals surface area contributed by atoms with Crippen LogP contribution < -0.4 is 10.5 Å². The van der Waals surface area contributed by atoms with Crippen LogP contribution in [0.15, 0.2) is 52.9 Å². The normalized spacial score (nSPS) is 16.9. The van der Waals surface area contributed by atoms with Gasteiger partial charge in [0.1, 0.15) is 11.3 Å². The van der Waals surface area contributed by atoms with Crippen molar-refractivity contribution >= 4 is 22.9 Å². The number of carbonyl (C=O) groups is 2. The molecule has 3 aromatic rings. The van der Waals surface area contributed by atoms with E-state index >= 15 is 0 Å². The van der Waals surface area contributed by atoms with Crippen LogP contribution in [0.5, 0.6) is 5.75 Å². The van der Waals surface area contributed by atoms with Crippen molar-refractivity contribution in [3.05, 3.63) is 60.0 Å². The fourth-order valence-electron chi connectivity index (χ4n) is 3.42. The van der Waals surface area contributed by atoms with Gasteiger partial charge in [-0.15, -0.1) is 0 Å². The topological polar surface area (TPSA) is 98.7 Å². The largest absolute Gasteiger partial charge is 0.484 e. The summed E-state index contributed by atoms with van der Waals surface area (Å²) < 4.78 is 11.4. The van der Waals surface area contributed by atoms with Crippen LogP contribution in [0.2, 0.25) is 0 Å². The first-order chi connectivity index (χ1) is 13.6. The molecule has 2 heterocycles. The minimum Gasteiger partial charge on any atom is -0.484 e. The summed E-state index contributed by atoms with van der Waals surface area (Å²) in [6.45, 7) is 1.20. The number of amides is 2. The zero-order chi connectivity index (χ0) is 19.5. The standard InChI is InChI=1S/C21H21N3O4/c22-20(26)14-7-9-16(10-8-14)27-13-19(25)24-11-3-4-15(12-24)21-23-17-5-1-2-6-18(17)28-21/h1-2,5-10,15H,3-4,11-13H2,(H2,22,26)/t15-/m0/s1. The number of rotatable bonds is 5. The van der Waals surface area contributed by atoms with E-state index in [4.69, 9.17) is 14.9 Å². The minimum atomic E-state index is -0.499. The molecule has 2 aromatic carbocycles. The van der Waals surface area contributed by atoms with Crippen molar-refractivity contribution < 1.29 is 18.7 Å². The van der Waals surface area contributed by atoms with E-state index in [9.17, 15) is 9.59 Å². The summed E-state index contributed by atoms with van der Waals surface area (Å²) in [6.07, 6.45) is 1.83. The number of ether oxygens (including phenoxy) is 1. The molecule has 7 nitrogen and oxygen atoms in total. The molecule has 0 saturated carbocycles. The molecule has 2 N–H and O–H groups in total. The van der Waals surface area contributed by atoms with Gasteiger partial charge in [-0.25, -0.2) is 4.98 Å². The minimum absolute atomic E-state index is 0.0593. The number of primary amides is 1. The predicted molar refractivity (Wildman–Crippen MR) is 103 cm³/mol. The van der Waals surface area contributed by atoms with Gasteiger partial charge in [-0.3, -0.25) is 9.59 Å². The van der Waals surface area contributed by atoms with Crippen LogP contribution in [0.4, 0.5) is 0 Å². The van der Waals surface area contributed by atoms with E-state index in [2.05, 4.69) is 4.98 Å². The Labute approximate surface area is 162 Å². The molecule has 28 heavy (non-hydrogen) atoms. The van der Waals surface area contributed by atoms with Gasteiger partial charge in [0, 0.05) is 18.7 Å². The Morgan fingerprint density at radius 3 is 2.71 bits per heavy atom. The summed E-state index contributed by atoms with van der Waals surface area (Å²) >= 11 is 0. The molecule has 1 aliphatic rings. The van der Waals surface area contributed by atoms with Crippen LogP contribution in [-0.4, -0.2) is 41.4 Å². The Morgan fingerprint density at radius 1 is 1.18 bits per heavy atom. The highest BCUT2D eigenvalue weighted by molar-refractivity contribution is 5.92. The summed E-state index contributed by atoms with van der Waals surface area (Å²) in [5.41, 5.74) is 7.22. The number of nitrogens with zero attached hydrogens (tertiary/aromatic N) is 2. The van der Waals surface area contributed by atoms with Crippen molar-refractivity contribution in [2.45, 2.75) is 18.8 Å². The summed E-state index contributed by atoms with van der Waals surface area (Å²) in [4.78, 5) is 30.0. The van der Waals surface area contributed by atoms with Crippen molar-refractivity contribution in [1.29, 1.82) is 0 Å². The van der Waals surface area contributed by atoms with Gasteiger partial charge in [-0.1, -0.05) is 12.1 Å². The molecule has 0 spiro atoms. The summed E-state index contributed by atoms with van der Waals surface area (Å²) in [7, 11) is 0. The maximum absolute atomic E-state index is 12.6. The van der Waals surface area contributed by atoms with E-state index in [1.165, 1.54) is 0 Å². The molecule has 0 aliphatic carbocycles. The molecule has 1 fully saturated rings. The Balaban J connectivity index is 1.37. The maximum Gasteiger partial charge on any atom is 0.260 e. The first-order valence-corrected chi connectivity index (χ1v) is 9.26. The first-order valence-electron chi connectivity index (χ1n) is 9.26. The number of aromatic nitrogens is 1. The third-order valence-corrected chi connectivity index (χ3v) is 4.93. The zero-order valence-corrected chi connectivity index (χ0v) is 15.3. The van der Waals surface area contributed by atoms with Crippen molar-refractivity contribution in [2.24, 2.45) is 5.73 Å². The molecule has 1 aromatic heterocycles. The van der Waals surface area contributed by atoms with Crippen LogP contribution in [0.25, 0.3) is 11.1 Å². The number of likely N-dealkylation sites (tertiary alicyclic amines) is 1. The maximum atomic E-state index is 12.6. The molecule has 4 rings (SSSR count). The lowest BCUT2D eigenvalue weighted by atomic mass is 9.98. The smallest absolute Gasteiger partial charge is 0.260 e. The van der Waals surface area contributed by atoms with Crippen LogP contribution >= 0.6 is 0 Å². The number of para-hydroxylation sites is 2. The Kier molecular flexibility index (Phi) is 4.97. The number of benzene rings is 2. The summed E-state index contributed by atoms with van der Waals surface area (Å²) in [5, 5.41) is 0. The molecular weight excluding hydrogens is 358 g/mol. The van der Waals surface area contributed by atoms with Gasteiger partial charge >= 0.3 is 0 Å². The molecule has 7 heteroatoms. The number of hydrogen-bond acceptors (Lipinski definition) is 5. The lowest BCUT2D eigenvalue weighted by molar-refractivity contribution is -0.134. The molecule has 0 unspecified atom stereocenters. The molecular formula is C21H21N3O4. The second-order valence-electron chi connectivity index (χ2n) is 6.88. The second-order valence-corrected chi connectivity index (χ2v) is 6.88. The Bertz CT molecular complexity index is 963. The lowest BCUT2D eigenvalue weighted by Crippen LogP contribution is -2.41. The van der Waals surface area contributed by atoms with E-state index in [1.807, 2.05) is 24.3 Å². The molecule has 1 saturated heterocycles. The number of carbonyl (C=O) groups excluding carboxylic acids is 2. The molecule has 1 atom stereocenters. The first kappa shape index (κ1) is 18.0. The van der Waals surface area contributed by atoms with Gasteiger partial charge in [-0.05, 0) is 49.2 Å². The highest BCUT2D eigenvalue weighted by Crippen LogP contribution is 2.29. The van der Waals surface area contributed by atoms with Crippen molar-refractivity contribution in [3.8, 4) is 5.75 Å². The van der Waals surface area contributed by atoms with Gasteiger partial charge in [-0.2, -0.15) is 0 Å². The number of piperidine rings is 1. The lowest BCUT2D eigenvalue weighted by Gasteiger charge is -2.31. The molecule has 144 valence electrons. The van der Waals surface area contributed by atoms with Gasteiger partial charge < -0.3 is 19.8 Å². The highest BCUT2D eigenvalue weighted by Gasteiger charge is 2.28. The quantitative estimate of drug-likeness (QED) is 0.735. The van der Waals surface area contributed by atoms with Gasteiger partial charge in [0.2, 0.25) is 5.91 Å². The fourth-order valence-corrected chi connectivity index (χ4v) is 3.42. The van der Waals surface area contributed by atoms with E-state index < -0.39 is 5.91 Å². The average molecular weight is 379 g/mol. The number of oxazole rings is 1. The third-order valence-electron chi connectivity index (χ3n) is 4.93. The molecule has 0 radical (unpaired) electrons. The van der Waals surface area contributed by atoms with Crippen LogP contribution in [0, 0.1) is 0 Å². The van der Waals surface area contributed by atoms with Gasteiger partial charge in [0.25, 0.3) is 5.91 Å². The number of hydrogen-bond donors (Lipinski definition) is 1. The predicted octanol–water partition coefficient (Wildman–Crippen LogP) is 2.71. The number of nitrogens with two attached hydrogens (primary N) is 1. The van der Waals surface area contributed by atoms with E-state index in [1.54, 1.807) is 29.2 Å². The monoisotopic (exact) mass is 379 g/mol. The zero-order valence-electron chi connectivity index (χ0n) is 15.3. The third kappa shape index (κ3) is 3.83. The molecule has 0 bridgehead atoms. The Morgan fingerprint density at radius 2 is 1.96 bits per heavy atom. The van der Waals surface area contributed by atoms with Crippen molar-refractivity contribution in [3.63, 3.8) is 0 Å². The highest BCUT2D eigenvalue weighted by atomic mass is 16.5. The van der Waals surface area contributed by atoms with E-state index in [0.29, 0.717) is 30.3 Å².